The van der Waals surface area contributed by atoms with E-state index < -0.39 is 0 Å². The number of amidine groups is 1. The van der Waals surface area contributed by atoms with Crippen LogP contribution < -0.4 is 5.32 Å². The number of aliphatic imine (C=N–C) groups is 1. The minimum absolute atomic E-state index is 0.0353. The van der Waals surface area contributed by atoms with Crippen molar-refractivity contribution < 1.29 is 9.53 Å². The Morgan fingerprint density at radius 2 is 2.16 bits per heavy atom. The van der Waals surface area contributed by atoms with Crippen molar-refractivity contribution in [3.8, 4) is 0 Å². The SMILES string of the molecule is C=C(O/C(=N\C)N1CCN(C)C(C)C1)C(=O)N/C(=C/CC)Cc1c[nH]c2ccccc12. The normalized spacial score (nSPS) is 18.3. The molecular weight excluding hydrogens is 390 g/mol. The van der Waals surface area contributed by atoms with Gasteiger partial charge >= 0.3 is 0 Å². The van der Waals surface area contributed by atoms with Gasteiger partial charge in [-0.1, -0.05) is 37.8 Å². The lowest BCUT2D eigenvalue weighted by atomic mass is 10.1. The van der Waals surface area contributed by atoms with Crippen molar-refractivity contribution in [1.82, 2.24) is 20.1 Å². The Labute approximate surface area is 184 Å². The third-order valence-electron chi connectivity index (χ3n) is 5.67. The van der Waals surface area contributed by atoms with Crippen molar-refractivity contribution in [1.29, 1.82) is 0 Å². The van der Waals surface area contributed by atoms with E-state index in [4.69, 9.17) is 4.74 Å². The molecule has 166 valence electrons. The molecule has 1 amide bonds. The van der Waals surface area contributed by atoms with Crippen LogP contribution in [0.4, 0.5) is 0 Å². The third kappa shape index (κ3) is 5.55. The molecule has 2 heterocycles. The van der Waals surface area contributed by atoms with Gasteiger partial charge < -0.3 is 24.8 Å². The van der Waals surface area contributed by atoms with Crippen molar-refractivity contribution in [2.45, 2.75) is 32.7 Å². The molecule has 1 unspecified atom stereocenters. The average Bonchev–Trinajstić information content (AvgIpc) is 3.17. The van der Waals surface area contributed by atoms with Gasteiger partial charge in [0, 0.05) is 61.9 Å². The van der Waals surface area contributed by atoms with Crippen LogP contribution in [0.5, 0.6) is 0 Å². The molecule has 1 aromatic heterocycles. The number of carbonyl (C=O) groups is 1. The molecule has 1 aliphatic rings. The molecule has 7 heteroatoms. The van der Waals surface area contributed by atoms with E-state index in [9.17, 15) is 4.79 Å². The zero-order valence-corrected chi connectivity index (χ0v) is 18.9. The Balaban J connectivity index is 1.63. The predicted molar refractivity (Wildman–Crippen MR) is 126 cm³/mol. The fraction of sp³-hybridized carbons (Fsp3) is 0.417. The highest BCUT2D eigenvalue weighted by molar-refractivity contribution is 5.95. The number of H-pyrrole nitrogens is 1. The number of aromatic amines is 1. The highest BCUT2D eigenvalue weighted by Crippen LogP contribution is 2.20. The van der Waals surface area contributed by atoms with Gasteiger partial charge in [-0.3, -0.25) is 4.79 Å². The largest absolute Gasteiger partial charge is 0.421 e. The lowest BCUT2D eigenvalue weighted by Gasteiger charge is -2.38. The van der Waals surface area contributed by atoms with Crippen molar-refractivity contribution >= 4 is 22.8 Å². The molecule has 0 spiro atoms. The maximum absolute atomic E-state index is 12.8. The first-order chi connectivity index (χ1) is 14.9. The molecule has 0 saturated carbocycles. The summed E-state index contributed by atoms with van der Waals surface area (Å²) in [5.41, 5.74) is 3.03. The summed E-state index contributed by atoms with van der Waals surface area (Å²) in [6.07, 6.45) is 5.43. The molecule has 7 nitrogen and oxygen atoms in total. The highest BCUT2D eigenvalue weighted by Gasteiger charge is 2.25. The topological polar surface area (TPSA) is 73.0 Å². The fourth-order valence-electron chi connectivity index (χ4n) is 3.74. The second-order valence-corrected chi connectivity index (χ2v) is 7.94. The molecule has 2 N–H and O–H groups in total. The number of likely N-dealkylation sites (N-methyl/N-ethyl adjacent to an activating group) is 1. The molecule has 0 radical (unpaired) electrons. The van der Waals surface area contributed by atoms with Crippen LogP contribution in [-0.4, -0.2) is 66.5 Å². The first kappa shape index (κ1) is 22.6. The quantitative estimate of drug-likeness (QED) is 0.324. The maximum atomic E-state index is 12.8. The second kappa shape index (κ2) is 10.3. The molecule has 1 fully saturated rings. The Hall–Kier alpha value is -3.06. The predicted octanol–water partition coefficient (Wildman–Crippen LogP) is 3.27. The van der Waals surface area contributed by atoms with Crippen LogP contribution in [0, 0.1) is 0 Å². The molecule has 2 aromatic rings. The summed E-state index contributed by atoms with van der Waals surface area (Å²) in [6.45, 7) is 10.6. The van der Waals surface area contributed by atoms with E-state index in [0.29, 0.717) is 18.5 Å². The van der Waals surface area contributed by atoms with Crippen molar-refractivity contribution in [2.75, 3.05) is 33.7 Å². The number of aromatic nitrogens is 1. The highest BCUT2D eigenvalue weighted by atomic mass is 16.5. The molecule has 0 aliphatic carbocycles. The van der Waals surface area contributed by atoms with Gasteiger partial charge in [-0.25, -0.2) is 4.99 Å². The number of hydrogen-bond donors (Lipinski definition) is 2. The number of ether oxygens (including phenoxy) is 1. The summed E-state index contributed by atoms with van der Waals surface area (Å²) < 4.78 is 5.79. The van der Waals surface area contributed by atoms with Gasteiger partial charge in [0.2, 0.25) is 0 Å². The lowest BCUT2D eigenvalue weighted by Crippen LogP contribution is -2.52. The lowest BCUT2D eigenvalue weighted by molar-refractivity contribution is -0.119. The van der Waals surface area contributed by atoms with Gasteiger partial charge in [0.25, 0.3) is 11.9 Å². The standard InChI is InChI=1S/C24H33N5O2/c1-6-9-20(14-19-15-26-22-11-8-7-10-21(19)22)27-23(30)18(3)31-24(25-4)29-13-12-28(5)17(2)16-29/h7-11,15,17,26H,3,6,12-14,16H2,1-2,4-5H3,(H,27,30)/b20-9+,25-24-. The molecule has 0 bridgehead atoms. The van der Waals surface area contributed by atoms with E-state index in [1.54, 1.807) is 7.05 Å². The zero-order chi connectivity index (χ0) is 22.4. The van der Waals surface area contributed by atoms with Crippen molar-refractivity contribution in [3.63, 3.8) is 0 Å². The number of nitrogens with zero attached hydrogens (tertiary/aromatic N) is 3. The van der Waals surface area contributed by atoms with Crippen LogP contribution in [0.15, 0.2) is 59.6 Å². The number of rotatable bonds is 6. The first-order valence-electron chi connectivity index (χ1n) is 10.8. The van der Waals surface area contributed by atoms with Gasteiger partial charge in [-0.15, -0.1) is 0 Å². The van der Waals surface area contributed by atoms with Crippen LogP contribution in [0.3, 0.4) is 0 Å². The minimum atomic E-state index is -0.358. The summed E-state index contributed by atoms with van der Waals surface area (Å²) in [5, 5.41) is 4.12. The number of allylic oxidation sites excluding steroid dienone is 2. The molecule has 31 heavy (non-hydrogen) atoms. The van der Waals surface area contributed by atoms with E-state index in [0.717, 1.165) is 48.2 Å². The molecule has 1 saturated heterocycles. The smallest absolute Gasteiger partial charge is 0.292 e. The monoisotopic (exact) mass is 423 g/mol. The van der Waals surface area contributed by atoms with Crippen LogP contribution in [-0.2, 0) is 16.0 Å². The van der Waals surface area contributed by atoms with Crippen LogP contribution >= 0.6 is 0 Å². The van der Waals surface area contributed by atoms with Gasteiger partial charge in [-0.2, -0.15) is 0 Å². The van der Waals surface area contributed by atoms with Crippen LogP contribution in [0.25, 0.3) is 10.9 Å². The molecular formula is C24H33N5O2. The number of nitrogens with one attached hydrogen (secondary N) is 2. The number of fused-ring (bicyclic) bond motifs is 1. The number of amides is 1. The van der Waals surface area contributed by atoms with Gasteiger partial charge in [0.1, 0.15) is 0 Å². The number of piperazine rings is 1. The maximum Gasteiger partial charge on any atom is 0.292 e. The van der Waals surface area contributed by atoms with Gasteiger partial charge in [0.15, 0.2) is 5.76 Å². The van der Waals surface area contributed by atoms with E-state index in [1.165, 1.54) is 0 Å². The number of carbonyl (C=O) groups excluding carboxylic acids is 1. The summed E-state index contributed by atoms with van der Waals surface area (Å²) in [7, 11) is 3.77. The van der Waals surface area contributed by atoms with Crippen LogP contribution in [0.2, 0.25) is 0 Å². The Bertz CT molecular complexity index is 991. The fourth-order valence-corrected chi connectivity index (χ4v) is 3.74. The van der Waals surface area contributed by atoms with E-state index in [2.05, 4.69) is 51.7 Å². The summed E-state index contributed by atoms with van der Waals surface area (Å²) in [5.74, 6) is -0.323. The minimum Gasteiger partial charge on any atom is -0.421 e. The molecule has 1 atom stereocenters. The van der Waals surface area contributed by atoms with Crippen molar-refractivity contribution in [2.24, 2.45) is 4.99 Å². The number of hydrogen-bond acceptors (Lipinski definition) is 4. The van der Waals surface area contributed by atoms with Gasteiger partial charge in [0.05, 0.1) is 0 Å². The molecule has 1 aromatic carbocycles. The second-order valence-electron chi connectivity index (χ2n) is 7.94. The van der Waals surface area contributed by atoms with E-state index in [-0.39, 0.29) is 11.7 Å². The Morgan fingerprint density at radius 3 is 2.87 bits per heavy atom. The van der Waals surface area contributed by atoms with Gasteiger partial charge in [-0.05, 0) is 32.0 Å². The summed E-state index contributed by atoms with van der Waals surface area (Å²) in [6, 6.07) is 8.95. The first-order valence-corrected chi connectivity index (χ1v) is 10.8. The van der Waals surface area contributed by atoms with E-state index in [1.807, 2.05) is 37.4 Å². The van der Waals surface area contributed by atoms with Crippen molar-refractivity contribution in [3.05, 3.63) is 60.1 Å². The average molecular weight is 424 g/mol. The molecule has 1 aliphatic heterocycles. The third-order valence-corrected chi connectivity index (χ3v) is 5.67. The summed E-state index contributed by atoms with van der Waals surface area (Å²) >= 11 is 0. The Kier molecular flexibility index (Phi) is 7.52. The van der Waals surface area contributed by atoms with Crippen LogP contribution in [0.1, 0.15) is 25.8 Å². The summed E-state index contributed by atoms with van der Waals surface area (Å²) in [4.78, 5) is 24.7. The zero-order valence-electron chi connectivity index (χ0n) is 18.9. The number of para-hydroxylation sites is 1. The van der Waals surface area contributed by atoms with E-state index >= 15 is 0 Å². The molecule has 3 rings (SSSR count). The Morgan fingerprint density at radius 1 is 1.39 bits per heavy atom. The number of benzene rings is 1.